The molecule has 0 aliphatic heterocycles. The highest BCUT2D eigenvalue weighted by atomic mass is 79.9. The minimum atomic E-state index is -0.534. The summed E-state index contributed by atoms with van der Waals surface area (Å²) < 4.78 is 17.0. The zero-order valence-electron chi connectivity index (χ0n) is 17.9. The number of rotatable bonds is 8. The molecule has 0 aliphatic rings. The van der Waals surface area contributed by atoms with Gasteiger partial charge in [-0.3, -0.25) is 4.79 Å². The highest BCUT2D eigenvalue weighted by Crippen LogP contribution is 2.36. The molecule has 33 heavy (non-hydrogen) atoms. The lowest BCUT2D eigenvalue weighted by Gasteiger charge is -2.11. The number of methoxy groups -OCH3 is 2. The summed E-state index contributed by atoms with van der Waals surface area (Å²) in [6.45, 7) is 0.327. The van der Waals surface area contributed by atoms with E-state index in [4.69, 9.17) is 25.8 Å². The Labute approximate surface area is 205 Å². The maximum absolute atomic E-state index is 12.6. The first kappa shape index (κ1) is 24.2. The van der Waals surface area contributed by atoms with E-state index in [1.807, 2.05) is 24.3 Å². The number of halogens is 2. The largest absolute Gasteiger partial charge is 0.493 e. The standard InChI is InChI=1S/C25H20BrClN2O4/c1-31-23-13-16(12-21(26)24(23)32-2)11-18(14-28)25(30)29-19-7-9-20(10-8-19)33-15-17-5-3-4-6-22(17)27/h3-13H,15H2,1-2H3,(H,29,30)/b18-11+. The summed E-state index contributed by atoms with van der Waals surface area (Å²) in [5, 5.41) is 12.9. The molecule has 3 rings (SSSR count). The predicted octanol–water partition coefficient (Wildman–Crippen LogP) is 6.24. The van der Waals surface area contributed by atoms with Gasteiger partial charge in [-0.05, 0) is 70.0 Å². The van der Waals surface area contributed by atoms with Crippen molar-refractivity contribution in [1.29, 1.82) is 5.26 Å². The summed E-state index contributed by atoms with van der Waals surface area (Å²) in [6.07, 6.45) is 1.48. The first-order chi connectivity index (χ1) is 15.9. The van der Waals surface area contributed by atoms with E-state index in [0.717, 1.165) is 5.56 Å². The molecular formula is C25H20BrClN2O4. The van der Waals surface area contributed by atoms with Crippen LogP contribution in [-0.4, -0.2) is 20.1 Å². The number of carbonyl (C=O) groups excluding carboxylic acids is 1. The van der Waals surface area contributed by atoms with Gasteiger partial charge in [0.25, 0.3) is 5.91 Å². The van der Waals surface area contributed by atoms with Crippen molar-refractivity contribution in [2.45, 2.75) is 6.61 Å². The maximum Gasteiger partial charge on any atom is 0.266 e. The van der Waals surface area contributed by atoms with E-state index in [1.54, 1.807) is 42.5 Å². The van der Waals surface area contributed by atoms with Gasteiger partial charge in [-0.25, -0.2) is 0 Å². The second-order valence-corrected chi connectivity index (χ2v) is 8.03. The quantitative estimate of drug-likeness (QED) is 0.277. The van der Waals surface area contributed by atoms with Gasteiger partial charge in [0.2, 0.25) is 0 Å². The molecule has 3 aromatic rings. The summed E-state index contributed by atoms with van der Waals surface area (Å²) in [5.74, 6) is 1.09. The number of hydrogen-bond donors (Lipinski definition) is 1. The van der Waals surface area contributed by atoms with Crippen LogP contribution in [0.25, 0.3) is 6.08 Å². The topological polar surface area (TPSA) is 80.6 Å². The minimum Gasteiger partial charge on any atom is -0.493 e. The Morgan fingerprint density at radius 1 is 1.12 bits per heavy atom. The number of benzene rings is 3. The van der Waals surface area contributed by atoms with Gasteiger partial charge in [0, 0.05) is 16.3 Å². The molecule has 0 aromatic heterocycles. The third-order valence-electron chi connectivity index (χ3n) is 4.60. The Bertz CT molecular complexity index is 1220. The fourth-order valence-corrected chi connectivity index (χ4v) is 3.76. The lowest BCUT2D eigenvalue weighted by atomic mass is 10.1. The van der Waals surface area contributed by atoms with Gasteiger partial charge in [0.15, 0.2) is 11.5 Å². The van der Waals surface area contributed by atoms with Crippen LogP contribution in [0.15, 0.2) is 70.7 Å². The third-order valence-corrected chi connectivity index (χ3v) is 5.55. The molecule has 168 valence electrons. The minimum absolute atomic E-state index is 0.0619. The molecule has 0 bridgehead atoms. The van der Waals surface area contributed by atoms with Crippen molar-refractivity contribution in [3.8, 4) is 23.3 Å². The summed E-state index contributed by atoms with van der Waals surface area (Å²) >= 11 is 9.54. The molecule has 0 unspecified atom stereocenters. The second kappa shape index (κ2) is 11.4. The van der Waals surface area contributed by atoms with Crippen LogP contribution in [0.5, 0.6) is 17.2 Å². The molecule has 0 saturated heterocycles. The lowest BCUT2D eigenvalue weighted by molar-refractivity contribution is -0.112. The molecule has 0 saturated carbocycles. The van der Waals surface area contributed by atoms with Crippen molar-refractivity contribution < 1.29 is 19.0 Å². The van der Waals surface area contributed by atoms with E-state index in [-0.39, 0.29) is 5.57 Å². The molecule has 1 amide bonds. The highest BCUT2D eigenvalue weighted by molar-refractivity contribution is 9.10. The summed E-state index contributed by atoms with van der Waals surface area (Å²) in [4.78, 5) is 12.6. The number of amides is 1. The number of anilines is 1. The van der Waals surface area contributed by atoms with E-state index in [1.165, 1.54) is 20.3 Å². The van der Waals surface area contributed by atoms with E-state index >= 15 is 0 Å². The smallest absolute Gasteiger partial charge is 0.266 e. The van der Waals surface area contributed by atoms with Crippen molar-refractivity contribution in [2.75, 3.05) is 19.5 Å². The zero-order chi connectivity index (χ0) is 23.8. The van der Waals surface area contributed by atoms with Gasteiger partial charge in [-0.1, -0.05) is 29.8 Å². The second-order valence-electron chi connectivity index (χ2n) is 6.77. The Kier molecular flexibility index (Phi) is 8.36. The van der Waals surface area contributed by atoms with Gasteiger partial charge in [0.1, 0.15) is 24.0 Å². The number of ether oxygens (including phenoxy) is 3. The number of carbonyl (C=O) groups is 1. The molecule has 1 N–H and O–H groups in total. The molecule has 0 spiro atoms. The first-order valence-corrected chi connectivity index (χ1v) is 10.9. The van der Waals surface area contributed by atoms with Crippen molar-refractivity contribution in [1.82, 2.24) is 0 Å². The van der Waals surface area contributed by atoms with Crippen molar-refractivity contribution in [3.63, 3.8) is 0 Å². The zero-order valence-corrected chi connectivity index (χ0v) is 20.2. The fourth-order valence-electron chi connectivity index (χ4n) is 2.95. The number of nitrogens with zero attached hydrogens (tertiary/aromatic N) is 1. The van der Waals surface area contributed by atoms with E-state index < -0.39 is 5.91 Å². The summed E-state index contributed by atoms with van der Waals surface area (Å²) in [5.41, 5.74) is 1.95. The van der Waals surface area contributed by atoms with Crippen LogP contribution in [0.4, 0.5) is 5.69 Å². The van der Waals surface area contributed by atoms with E-state index in [2.05, 4.69) is 21.2 Å². The maximum atomic E-state index is 12.6. The van der Waals surface area contributed by atoms with E-state index in [0.29, 0.717) is 44.6 Å². The van der Waals surface area contributed by atoms with Gasteiger partial charge in [-0.2, -0.15) is 5.26 Å². The van der Waals surface area contributed by atoms with Crippen LogP contribution >= 0.6 is 27.5 Å². The Morgan fingerprint density at radius 2 is 1.85 bits per heavy atom. The van der Waals surface area contributed by atoms with Crippen LogP contribution in [0.3, 0.4) is 0 Å². The number of nitriles is 1. The normalized spacial score (nSPS) is 10.8. The molecule has 8 heteroatoms. The molecule has 0 radical (unpaired) electrons. The fraction of sp³-hybridized carbons (Fsp3) is 0.120. The third kappa shape index (κ3) is 6.28. The van der Waals surface area contributed by atoms with Crippen molar-refractivity contribution >= 4 is 45.2 Å². The average Bonchev–Trinajstić information content (AvgIpc) is 2.82. The number of hydrogen-bond acceptors (Lipinski definition) is 5. The van der Waals surface area contributed by atoms with Crippen LogP contribution in [-0.2, 0) is 11.4 Å². The first-order valence-electron chi connectivity index (χ1n) is 9.76. The van der Waals surface area contributed by atoms with Crippen LogP contribution in [0.2, 0.25) is 5.02 Å². The molecule has 0 aliphatic carbocycles. The molecule has 0 fully saturated rings. The predicted molar refractivity (Wildman–Crippen MR) is 132 cm³/mol. The Balaban J connectivity index is 1.69. The van der Waals surface area contributed by atoms with Crippen LogP contribution in [0.1, 0.15) is 11.1 Å². The lowest BCUT2D eigenvalue weighted by Crippen LogP contribution is -2.13. The molecular weight excluding hydrogens is 508 g/mol. The van der Waals surface area contributed by atoms with Gasteiger partial charge in [0.05, 0.1) is 18.7 Å². The average molecular weight is 528 g/mol. The van der Waals surface area contributed by atoms with Gasteiger partial charge >= 0.3 is 0 Å². The van der Waals surface area contributed by atoms with E-state index in [9.17, 15) is 10.1 Å². The highest BCUT2D eigenvalue weighted by Gasteiger charge is 2.13. The van der Waals surface area contributed by atoms with Crippen molar-refractivity contribution in [3.05, 3.63) is 86.9 Å². The SMILES string of the molecule is COc1cc(/C=C(\C#N)C(=O)Nc2ccc(OCc3ccccc3Cl)cc2)cc(Br)c1OC. The van der Waals surface area contributed by atoms with Crippen molar-refractivity contribution in [2.24, 2.45) is 0 Å². The molecule has 3 aromatic carbocycles. The van der Waals surface area contributed by atoms with Gasteiger partial charge < -0.3 is 19.5 Å². The van der Waals surface area contributed by atoms with Crippen LogP contribution in [0, 0.1) is 11.3 Å². The summed E-state index contributed by atoms with van der Waals surface area (Å²) in [7, 11) is 3.04. The molecule has 0 atom stereocenters. The molecule has 0 heterocycles. The summed E-state index contributed by atoms with van der Waals surface area (Å²) in [6, 6.07) is 19.7. The van der Waals surface area contributed by atoms with Crippen LogP contribution < -0.4 is 19.5 Å². The number of nitrogens with one attached hydrogen (secondary N) is 1. The Hall–Kier alpha value is -3.47. The Morgan fingerprint density at radius 3 is 2.48 bits per heavy atom. The monoisotopic (exact) mass is 526 g/mol. The van der Waals surface area contributed by atoms with Gasteiger partial charge in [-0.15, -0.1) is 0 Å². The molecule has 6 nitrogen and oxygen atoms in total.